The summed E-state index contributed by atoms with van der Waals surface area (Å²) in [5.41, 5.74) is 0. The van der Waals surface area contributed by atoms with Crippen LogP contribution < -0.4 is 4.74 Å². The van der Waals surface area contributed by atoms with Crippen molar-refractivity contribution in [3.8, 4) is 5.75 Å². The van der Waals surface area contributed by atoms with Crippen molar-refractivity contribution in [2.75, 3.05) is 46.2 Å². The molecule has 1 aromatic rings. The summed E-state index contributed by atoms with van der Waals surface area (Å²) in [7, 11) is -3.99. The zero-order valence-electron chi connectivity index (χ0n) is 19.0. The fraction of sp³-hybridized carbons (Fsp3) is 0.739. The highest BCUT2D eigenvalue weighted by Gasteiger charge is 2.20. The lowest BCUT2D eigenvalue weighted by atomic mass is 10.1. The van der Waals surface area contributed by atoms with Gasteiger partial charge in [-0.15, -0.1) is 0 Å². The van der Waals surface area contributed by atoms with Crippen LogP contribution in [0.3, 0.4) is 0 Å². The van der Waals surface area contributed by atoms with Crippen LogP contribution >= 0.6 is 7.82 Å². The van der Waals surface area contributed by atoms with Gasteiger partial charge < -0.3 is 19.1 Å². The highest BCUT2D eigenvalue weighted by atomic mass is 31.2. The van der Waals surface area contributed by atoms with Crippen LogP contribution in [0.15, 0.2) is 30.3 Å². The third kappa shape index (κ3) is 18.3. The topological polar surface area (TPSA) is 83.5 Å². The van der Waals surface area contributed by atoms with E-state index in [9.17, 15) is 9.46 Å². The summed E-state index contributed by atoms with van der Waals surface area (Å²) in [5.74, 6) is 0.813. The molecule has 0 aliphatic heterocycles. The van der Waals surface area contributed by atoms with Crippen LogP contribution in [0.1, 0.15) is 64.7 Å². The van der Waals surface area contributed by atoms with Crippen LogP contribution in [0, 0.1) is 0 Å². The lowest BCUT2D eigenvalue weighted by molar-refractivity contribution is 0.0224. The SMILES string of the molecule is CCCCCCCCCCCOP(=O)(O)OCCOCCOCCOc1ccccc1. The Morgan fingerprint density at radius 3 is 1.84 bits per heavy atom. The second-order valence-corrected chi connectivity index (χ2v) is 8.80. The molecule has 31 heavy (non-hydrogen) atoms. The summed E-state index contributed by atoms with van der Waals surface area (Å²) >= 11 is 0. The van der Waals surface area contributed by atoms with Crippen LogP contribution in [0.25, 0.3) is 0 Å². The molecule has 0 bridgehead atoms. The van der Waals surface area contributed by atoms with Crippen LogP contribution in [0.2, 0.25) is 0 Å². The Kier molecular flexibility index (Phi) is 17.9. The molecule has 7 nitrogen and oxygen atoms in total. The van der Waals surface area contributed by atoms with Crippen molar-refractivity contribution >= 4 is 7.82 Å². The van der Waals surface area contributed by atoms with Crippen LogP contribution in [0.4, 0.5) is 0 Å². The zero-order chi connectivity index (χ0) is 22.5. The lowest BCUT2D eigenvalue weighted by Crippen LogP contribution is -2.12. The number of unbranched alkanes of at least 4 members (excludes halogenated alkanes) is 8. The van der Waals surface area contributed by atoms with E-state index in [4.69, 9.17) is 23.3 Å². The van der Waals surface area contributed by atoms with Crippen molar-refractivity contribution in [3.05, 3.63) is 30.3 Å². The van der Waals surface area contributed by atoms with E-state index in [-0.39, 0.29) is 19.8 Å². The molecule has 0 saturated heterocycles. The highest BCUT2D eigenvalue weighted by molar-refractivity contribution is 7.47. The predicted molar refractivity (Wildman–Crippen MR) is 123 cm³/mol. The van der Waals surface area contributed by atoms with Crippen LogP contribution in [-0.4, -0.2) is 51.1 Å². The van der Waals surface area contributed by atoms with Gasteiger partial charge >= 0.3 is 7.82 Å². The minimum absolute atomic E-state index is 0.00263. The van der Waals surface area contributed by atoms with Crippen molar-refractivity contribution in [2.24, 2.45) is 0 Å². The first-order valence-electron chi connectivity index (χ1n) is 11.6. The first kappa shape index (κ1) is 28.1. The molecular formula is C23H41O7P. The van der Waals surface area contributed by atoms with Crippen LogP contribution in [-0.2, 0) is 23.1 Å². The zero-order valence-corrected chi connectivity index (χ0v) is 19.9. The Morgan fingerprint density at radius 2 is 1.19 bits per heavy atom. The van der Waals surface area contributed by atoms with E-state index >= 15 is 0 Å². The molecular weight excluding hydrogens is 419 g/mol. The summed E-state index contributed by atoms with van der Waals surface area (Å²) < 4.78 is 37.9. The van der Waals surface area contributed by atoms with Crippen molar-refractivity contribution in [1.29, 1.82) is 0 Å². The average Bonchev–Trinajstić information content (AvgIpc) is 2.77. The summed E-state index contributed by atoms with van der Waals surface area (Å²) in [4.78, 5) is 9.65. The molecule has 0 radical (unpaired) electrons. The minimum atomic E-state index is -3.99. The van der Waals surface area contributed by atoms with E-state index < -0.39 is 7.82 Å². The van der Waals surface area contributed by atoms with E-state index in [2.05, 4.69) is 6.92 Å². The molecule has 0 amide bonds. The largest absolute Gasteiger partial charge is 0.491 e. The molecule has 1 rings (SSSR count). The van der Waals surface area contributed by atoms with E-state index in [0.29, 0.717) is 26.4 Å². The van der Waals surface area contributed by atoms with E-state index in [1.807, 2.05) is 30.3 Å². The Balaban J connectivity index is 1.83. The normalized spacial score (nSPS) is 13.2. The van der Waals surface area contributed by atoms with Gasteiger partial charge in [0, 0.05) is 0 Å². The second kappa shape index (κ2) is 19.7. The van der Waals surface area contributed by atoms with Gasteiger partial charge in [-0.3, -0.25) is 9.05 Å². The minimum Gasteiger partial charge on any atom is -0.491 e. The molecule has 1 atom stereocenters. The maximum Gasteiger partial charge on any atom is 0.472 e. The van der Waals surface area contributed by atoms with Gasteiger partial charge in [0.05, 0.1) is 39.6 Å². The maximum absolute atomic E-state index is 11.8. The molecule has 180 valence electrons. The fourth-order valence-electron chi connectivity index (χ4n) is 2.90. The van der Waals surface area contributed by atoms with Gasteiger partial charge in [-0.25, -0.2) is 4.57 Å². The molecule has 0 aromatic heterocycles. The Bertz CT molecular complexity index is 556. The number of benzene rings is 1. The molecule has 1 N–H and O–H groups in total. The Morgan fingerprint density at radius 1 is 0.677 bits per heavy atom. The molecule has 0 spiro atoms. The maximum atomic E-state index is 11.8. The van der Waals surface area contributed by atoms with Gasteiger partial charge in [0.1, 0.15) is 12.4 Å². The molecule has 0 aliphatic rings. The highest BCUT2D eigenvalue weighted by Crippen LogP contribution is 2.43. The molecule has 8 heteroatoms. The summed E-state index contributed by atoms with van der Waals surface area (Å²) in [5, 5.41) is 0. The Labute approximate surface area is 188 Å². The van der Waals surface area contributed by atoms with Crippen LogP contribution in [0.5, 0.6) is 5.75 Å². The van der Waals surface area contributed by atoms with Gasteiger partial charge in [0.2, 0.25) is 0 Å². The van der Waals surface area contributed by atoms with Gasteiger partial charge in [0.25, 0.3) is 0 Å². The fourth-order valence-corrected chi connectivity index (χ4v) is 3.64. The van der Waals surface area contributed by atoms with Crippen molar-refractivity contribution in [1.82, 2.24) is 0 Å². The summed E-state index contributed by atoms with van der Waals surface area (Å²) in [6, 6.07) is 9.55. The number of hydrogen-bond donors (Lipinski definition) is 1. The van der Waals surface area contributed by atoms with E-state index in [0.717, 1.165) is 25.0 Å². The summed E-state index contributed by atoms with van der Waals surface area (Å²) in [6.07, 6.45) is 10.6. The monoisotopic (exact) mass is 460 g/mol. The Hall–Kier alpha value is -0.950. The molecule has 0 saturated carbocycles. The second-order valence-electron chi connectivity index (χ2n) is 7.35. The van der Waals surface area contributed by atoms with Crippen molar-refractivity contribution < 1.29 is 32.7 Å². The number of phosphoric ester groups is 1. The quantitative estimate of drug-likeness (QED) is 0.174. The predicted octanol–water partition coefficient (Wildman–Crippen LogP) is 5.76. The third-order valence-corrected chi connectivity index (χ3v) is 5.61. The molecule has 0 heterocycles. The van der Waals surface area contributed by atoms with Gasteiger partial charge in [-0.2, -0.15) is 0 Å². The average molecular weight is 461 g/mol. The smallest absolute Gasteiger partial charge is 0.472 e. The molecule has 1 unspecified atom stereocenters. The van der Waals surface area contributed by atoms with Gasteiger partial charge in [0.15, 0.2) is 0 Å². The summed E-state index contributed by atoms with van der Waals surface area (Å²) in [6.45, 7) is 4.40. The third-order valence-electron chi connectivity index (χ3n) is 4.60. The molecule has 0 aliphatic carbocycles. The van der Waals surface area contributed by atoms with Gasteiger partial charge in [-0.1, -0.05) is 76.5 Å². The van der Waals surface area contributed by atoms with Gasteiger partial charge in [-0.05, 0) is 18.6 Å². The number of phosphoric acid groups is 1. The van der Waals surface area contributed by atoms with E-state index in [1.165, 1.54) is 38.5 Å². The molecule has 1 aromatic carbocycles. The first-order valence-corrected chi connectivity index (χ1v) is 13.1. The van der Waals surface area contributed by atoms with E-state index in [1.54, 1.807) is 0 Å². The standard InChI is InChI=1S/C23H41O7P/c1-2-3-4-5-6-7-8-9-13-16-29-31(24,25)30-22-20-27-18-17-26-19-21-28-23-14-11-10-12-15-23/h10-12,14-15H,2-9,13,16-22H2,1H3,(H,24,25). The first-order chi connectivity index (χ1) is 15.1. The number of ether oxygens (including phenoxy) is 3. The number of hydrogen-bond acceptors (Lipinski definition) is 6. The number of rotatable bonds is 22. The lowest BCUT2D eigenvalue weighted by Gasteiger charge is -2.12. The number of para-hydroxylation sites is 1. The molecule has 0 fully saturated rings. The van der Waals surface area contributed by atoms with Crippen molar-refractivity contribution in [3.63, 3.8) is 0 Å². The van der Waals surface area contributed by atoms with Crippen molar-refractivity contribution in [2.45, 2.75) is 64.7 Å².